The predicted molar refractivity (Wildman–Crippen MR) is 72.5 cm³/mol. The molecule has 0 aliphatic carbocycles. The molecule has 1 aromatic heterocycles. The zero-order chi connectivity index (χ0) is 14.5. The second kappa shape index (κ2) is 6.11. The standard InChI is InChI=1S/C12H11N3O4S/c1-2-19-11(16)9-10(20-14-13-9)15(12(17)18)8-6-4-3-5-7-8/h3-7H,2H2,1H3,(H,17,18). The summed E-state index contributed by atoms with van der Waals surface area (Å²) >= 11 is 0.818. The van der Waals surface area contributed by atoms with E-state index in [1.54, 1.807) is 37.3 Å². The van der Waals surface area contributed by atoms with Crippen molar-refractivity contribution in [1.82, 2.24) is 9.59 Å². The Hall–Kier alpha value is -2.48. The first-order valence-corrected chi connectivity index (χ1v) is 6.50. The average Bonchev–Trinajstić information content (AvgIpc) is 2.89. The summed E-state index contributed by atoms with van der Waals surface area (Å²) in [6.45, 7) is 1.83. The van der Waals surface area contributed by atoms with E-state index in [-0.39, 0.29) is 17.3 Å². The number of amides is 1. The molecule has 2 rings (SSSR count). The highest BCUT2D eigenvalue weighted by molar-refractivity contribution is 7.10. The molecule has 0 aliphatic heterocycles. The Morgan fingerprint density at radius 1 is 1.35 bits per heavy atom. The van der Waals surface area contributed by atoms with Crippen molar-refractivity contribution in [3.63, 3.8) is 0 Å². The van der Waals surface area contributed by atoms with E-state index in [0.717, 1.165) is 16.4 Å². The minimum absolute atomic E-state index is 0.108. The Bertz CT molecular complexity index is 614. The van der Waals surface area contributed by atoms with E-state index < -0.39 is 12.1 Å². The van der Waals surface area contributed by atoms with E-state index in [1.807, 2.05) is 0 Å². The van der Waals surface area contributed by atoms with Crippen LogP contribution in [0, 0.1) is 0 Å². The number of ether oxygens (including phenoxy) is 1. The maximum atomic E-state index is 11.7. The maximum absolute atomic E-state index is 11.7. The largest absolute Gasteiger partial charge is 0.464 e. The van der Waals surface area contributed by atoms with Gasteiger partial charge in [-0.1, -0.05) is 22.7 Å². The molecule has 0 fully saturated rings. The second-order valence-electron chi connectivity index (χ2n) is 3.60. The molecule has 0 radical (unpaired) electrons. The van der Waals surface area contributed by atoms with Crippen LogP contribution >= 0.6 is 11.5 Å². The van der Waals surface area contributed by atoms with Gasteiger partial charge in [-0.15, -0.1) is 5.10 Å². The van der Waals surface area contributed by atoms with Gasteiger partial charge >= 0.3 is 12.1 Å². The van der Waals surface area contributed by atoms with E-state index >= 15 is 0 Å². The summed E-state index contributed by atoms with van der Waals surface area (Å²) < 4.78 is 8.48. The summed E-state index contributed by atoms with van der Waals surface area (Å²) in [6, 6.07) is 8.39. The lowest BCUT2D eigenvalue weighted by Crippen LogP contribution is -2.24. The van der Waals surface area contributed by atoms with Crippen molar-refractivity contribution >= 4 is 34.3 Å². The number of benzene rings is 1. The van der Waals surface area contributed by atoms with Gasteiger partial charge in [0.1, 0.15) is 0 Å². The van der Waals surface area contributed by atoms with Crippen molar-refractivity contribution in [3.8, 4) is 0 Å². The van der Waals surface area contributed by atoms with E-state index in [1.165, 1.54) is 0 Å². The van der Waals surface area contributed by atoms with Gasteiger partial charge in [0.15, 0.2) is 5.00 Å². The Labute approximate surface area is 118 Å². The van der Waals surface area contributed by atoms with Crippen LogP contribution in [-0.4, -0.2) is 33.4 Å². The van der Waals surface area contributed by atoms with Crippen LogP contribution in [0.1, 0.15) is 17.4 Å². The van der Waals surface area contributed by atoms with Gasteiger partial charge in [-0.2, -0.15) is 0 Å². The molecule has 0 saturated heterocycles. The van der Waals surface area contributed by atoms with Crippen LogP contribution in [0.2, 0.25) is 0 Å². The molecule has 20 heavy (non-hydrogen) atoms. The van der Waals surface area contributed by atoms with E-state index in [0.29, 0.717) is 5.69 Å². The zero-order valence-electron chi connectivity index (χ0n) is 10.5. The van der Waals surface area contributed by atoms with Crippen LogP contribution in [-0.2, 0) is 4.74 Å². The molecular formula is C12H11N3O4S. The van der Waals surface area contributed by atoms with E-state index in [4.69, 9.17) is 4.74 Å². The third-order valence-corrected chi connectivity index (χ3v) is 3.06. The molecule has 1 amide bonds. The highest BCUT2D eigenvalue weighted by Gasteiger charge is 2.27. The van der Waals surface area contributed by atoms with Crippen molar-refractivity contribution in [1.29, 1.82) is 0 Å². The van der Waals surface area contributed by atoms with Gasteiger partial charge < -0.3 is 9.84 Å². The van der Waals surface area contributed by atoms with Crippen molar-refractivity contribution in [2.45, 2.75) is 6.92 Å². The molecule has 104 valence electrons. The number of rotatable bonds is 4. The number of nitrogens with zero attached hydrogens (tertiary/aromatic N) is 3. The summed E-state index contributed by atoms with van der Waals surface area (Å²) in [5.74, 6) is -0.696. The SMILES string of the molecule is CCOC(=O)c1nnsc1N(C(=O)O)c1ccccc1. The van der Waals surface area contributed by atoms with Gasteiger partial charge in [-0.3, -0.25) is 0 Å². The Morgan fingerprint density at radius 2 is 2.05 bits per heavy atom. The number of hydrogen-bond donors (Lipinski definition) is 1. The fraction of sp³-hybridized carbons (Fsp3) is 0.167. The Balaban J connectivity index is 2.44. The lowest BCUT2D eigenvalue weighted by atomic mass is 10.3. The molecule has 8 heteroatoms. The molecule has 0 unspecified atom stereocenters. The minimum Gasteiger partial charge on any atom is -0.464 e. The molecular weight excluding hydrogens is 282 g/mol. The first-order valence-electron chi connectivity index (χ1n) is 5.72. The maximum Gasteiger partial charge on any atom is 0.417 e. The van der Waals surface area contributed by atoms with Crippen LogP contribution < -0.4 is 4.90 Å². The van der Waals surface area contributed by atoms with Crippen molar-refractivity contribution < 1.29 is 19.4 Å². The van der Waals surface area contributed by atoms with Gasteiger partial charge in [0.05, 0.1) is 12.3 Å². The second-order valence-corrected chi connectivity index (χ2v) is 4.33. The summed E-state index contributed by atoms with van der Waals surface area (Å²) in [5, 5.41) is 13.1. The fourth-order valence-electron chi connectivity index (χ4n) is 1.55. The minimum atomic E-state index is -1.23. The van der Waals surface area contributed by atoms with Gasteiger partial charge in [0.2, 0.25) is 5.69 Å². The average molecular weight is 293 g/mol. The summed E-state index contributed by atoms with van der Waals surface area (Å²) in [4.78, 5) is 24.2. The smallest absolute Gasteiger partial charge is 0.417 e. The molecule has 7 nitrogen and oxygen atoms in total. The number of anilines is 2. The summed E-state index contributed by atoms with van der Waals surface area (Å²) in [7, 11) is 0. The first kappa shape index (κ1) is 13.9. The van der Waals surface area contributed by atoms with E-state index in [9.17, 15) is 14.7 Å². The molecule has 0 saturated carbocycles. The molecule has 0 atom stereocenters. The lowest BCUT2D eigenvalue weighted by Gasteiger charge is -2.17. The number of esters is 1. The molecule has 1 N–H and O–H groups in total. The topological polar surface area (TPSA) is 92.6 Å². The monoisotopic (exact) mass is 293 g/mol. The zero-order valence-corrected chi connectivity index (χ0v) is 11.3. The Morgan fingerprint density at radius 3 is 2.65 bits per heavy atom. The summed E-state index contributed by atoms with van der Waals surface area (Å²) in [6.07, 6.45) is -1.23. The van der Waals surface area contributed by atoms with Gasteiger partial charge in [-0.25, -0.2) is 14.5 Å². The highest BCUT2D eigenvalue weighted by atomic mass is 32.1. The Kier molecular flexibility index (Phi) is 4.26. The van der Waals surface area contributed by atoms with Crippen molar-refractivity contribution in [2.75, 3.05) is 11.5 Å². The van der Waals surface area contributed by atoms with Crippen LogP contribution in [0.3, 0.4) is 0 Å². The van der Waals surface area contributed by atoms with Crippen LogP contribution in [0.25, 0.3) is 0 Å². The fourth-order valence-corrected chi connectivity index (χ4v) is 2.23. The molecule has 0 bridgehead atoms. The quantitative estimate of drug-likeness (QED) is 0.871. The van der Waals surface area contributed by atoms with Gasteiger partial charge in [0, 0.05) is 11.5 Å². The van der Waals surface area contributed by atoms with Crippen LogP contribution in [0.4, 0.5) is 15.5 Å². The first-order chi connectivity index (χ1) is 9.65. The van der Waals surface area contributed by atoms with Crippen LogP contribution in [0.5, 0.6) is 0 Å². The van der Waals surface area contributed by atoms with E-state index in [2.05, 4.69) is 9.59 Å². The van der Waals surface area contributed by atoms with Gasteiger partial charge in [-0.05, 0) is 19.1 Å². The highest BCUT2D eigenvalue weighted by Crippen LogP contribution is 2.31. The third-order valence-electron chi connectivity index (χ3n) is 2.35. The molecule has 1 aromatic carbocycles. The number of carbonyl (C=O) groups is 2. The molecule has 2 aromatic rings. The normalized spacial score (nSPS) is 10.1. The molecule has 0 spiro atoms. The number of carbonyl (C=O) groups excluding carboxylic acids is 1. The van der Waals surface area contributed by atoms with Crippen molar-refractivity contribution in [2.24, 2.45) is 0 Å². The predicted octanol–water partition coefficient (Wildman–Crippen LogP) is 2.53. The number of para-hydroxylation sites is 1. The number of carboxylic acid groups (broad SMARTS) is 1. The lowest BCUT2D eigenvalue weighted by molar-refractivity contribution is 0.0520. The third kappa shape index (κ3) is 2.75. The van der Waals surface area contributed by atoms with Gasteiger partial charge in [0.25, 0.3) is 0 Å². The number of aromatic nitrogens is 2. The van der Waals surface area contributed by atoms with Crippen LogP contribution in [0.15, 0.2) is 30.3 Å². The summed E-state index contributed by atoms with van der Waals surface area (Å²) in [5.41, 5.74) is 0.291. The van der Waals surface area contributed by atoms with Crippen molar-refractivity contribution in [3.05, 3.63) is 36.0 Å². The molecule has 0 aliphatic rings. The number of hydrogen-bond acceptors (Lipinski definition) is 6. The molecule has 1 heterocycles.